The second kappa shape index (κ2) is 7.23. The van der Waals surface area contributed by atoms with Gasteiger partial charge in [-0.1, -0.05) is 23.3 Å². The van der Waals surface area contributed by atoms with Crippen LogP contribution in [0, 0.1) is 5.41 Å². The highest BCUT2D eigenvalue weighted by atomic mass is 16.4. The Hall–Kier alpha value is -2.67. The molecule has 0 N–H and O–H groups in total. The van der Waals surface area contributed by atoms with E-state index < -0.39 is 0 Å². The normalized spacial score (nSPS) is 24.4. The molecule has 3 aromatic rings. The van der Waals surface area contributed by atoms with Crippen LogP contribution in [0.25, 0.3) is 11.5 Å². The van der Waals surface area contributed by atoms with E-state index in [0.29, 0.717) is 17.3 Å². The maximum Gasteiger partial charge on any atom is 0.317 e. The van der Waals surface area contributed by atoms with Crippen molar-refractivity contribution in [2.75, 3.05) is 31.1 Å². The monoisotopic (exact) mass is 405 g/mol. The number of hydrogen-bond donors (Lipinski definition) is 0. The van der Waals surface area contributed by atoms with Crippen LogP contribution >= 0.6 is 0 Å². The minimum Gasteiger partial charge on any atom is -0.445 e. The zero-order valence-electron chi connectivity index (χ0n) is 17.1. The van der Waals surface area contributed by atoms with E-state index in [-0.39, 0.29) is 0 Å². The summed E-state index contributed by atoms with van der Waals surface area (Å²) < 4.78 is 10.9. The molecule has 3 aliphatic rings. The Kier molecular flexibility index (Phi) is 4.37. The molecule has 30 heavy (non-hydrogen) atoms. The summed E-state index contributed by atoms with van der Waals surface area (Å²) in [4.78, 5) is 9.35. The first kappa shape index (κ1) is 18.1. The fourth-order valence-electron chi connectivity index (χ4n) is 5.96. The van der Waals surface area contributed by atoms with Gasteiger partial charge in [0.15, 0.2) is 0 Å². The largest absolute Gasteiger partial charge is 0.445 e. The molecular weight excluding hydrogens is 378 g/mol. The van der Waals surface area contributed by atoms with Gasteiger partial charge >= 0.3 is 6.01 Å². The molecular formula is C23H27N5O2. The number of nitrogens with zero attached hydrogens (tertiary/aromatic N) is 5. The lowest BCUT2D eigenvalue weighted by molar-refractivity contribution is 0.130. The van der Waals surface area contributed by atoms with Crippen molar-refractivity contribution in [2.45, 2.75) is 44.1 Å². The highest BCUT2D eigenvalue weighted by Crippen LogP contribution is 2.48. The van der Waals surface area contributed by atoms with Gasteiger partial charge in [0, 0.05) is 30.1 Å². The van der Waals surface area contributed by atoms with Crippen LogP contribution in [0.5, 0.6) is 0 Å². The van der Waals surface area contributed by atoms with Gasteiger partial charge in [-0.05, 0) is 62.7 Å². The SMILES string of the molecule is c1ccc(C2CCN(C3CCC4(C3)CN(c3nnco3)C4)CC2)c(-c2ncco2)c1. The Morgan fingerprint density at radius 1 is 1.03 bits per heavy atom. The fourth-order valence-corrected chi connectivity index (χ4v) is 5.96. The molecule has 156 valence electrons. The number of rotatable bonds is 4. The number of oxazole rings is 1. The summed E-state index contributed by atoms with van der Waals surface area (Å²) in [7, 11) is 0. The molecule has 0 bridgehead atoms. The van der Waals surface area contributed by atoms with E-state index in [1.54, 1.807) is 12.5 Å². The lowest BCUT2D eigenvalue weighted by Crippen LogP contribution is -2.56. The average Bonchev–Trinajstić information content (AvgIpc) is 3.54. The summed E-state index contributed by atoms with van der Waals surface area (Å²) in [6, 6.07) is 10.0. The highest BCUT2D eigenvalue weighted by Gasteiger charge is 2.50. The molecule has 1 aromatic carbocycles. The number of anilines is 1. The van der Waals surface area contributed by atoms with Gasteiger partial charge in [0.1, 0.15) is 6.26 Å². The van der Waals surface area contributed by atoms with Crippen LogP contribution in [0.1, 0.15) is 43.6 Å². The van der Waals surface area contributed by atoms with Crippen molar-refractivity contribution in [2.24, 2.45) is 5.41 Å². The van der Waals surface area contributed by atoms with E-state index in [4.69, 9.17) is 8.83 Å². The van der Waals surface area contributed by atoms with Gasteiger partial charge in [0.2, 0.25) is 12.3 Å². The van der Waals surface area contributed by atoms with Crippen LogP contribution in [0.4, 0.5) is 6.01 Å². The smallest absolute Gasteiger partial charge is 0.317 e. The molecule has 2 aliphatic heterocycles. The molecule has 3 fully saturated rings. The molecule has 4 heterocycles. The van der Waals surface area contributed by atoms with E-state index >= 15 is 0 Å². The lowest BCUT2D eigenvalue weighted by atomic mass is 9.78. The van der Waals surface area contributed by atoms with Crippen LogP contribution in [0.2, 0.25) is 0 Å². The summed E-state index contributed by atoms with van der Waals surface area (Å²) >= 11 is 0. The zero-order chi connectivity index (χ0) is 20.0. The maximum absolute atomic E-state index is 5.59. The quantitative estimate of drug-likeness (QED) is 0.650. The number of hydrogen-bond acceptors (Lipinski definition) is 7. The fraction of sp³-hybridized carbons (Fsp3) is 0.522. The van der Waals surface area contributed by atoms with Crippen LogP contribution in [0.15, 0.2) is 52.0 Å². The van der Waals surface area contributed by atoms with Crippen molar-refractivity contribution in [1.29, 1.82) is 0 Å². The number of aromatic nitrogens is 3. The molecule has 0 amide bonds. The summed E-state index contributed by atoms with van der Waals surface area (Å²) in [5.74, 6) is 1.32. The molecule has 1 spiro atoms. The molecule has 1 saturated carbocycles. The van der Waals surface area contributed by atoms with Gasteiger partial charge in [-0.25, -0.2) is 4.98 Å². The van der Waals surface area contributed by atoms with Crippen LogP contribution in [0.3, 0.4) is 0 Å². The third-order valence-corrected chi connectivity index (χ3v) is 7.46. The first-order valence-electron chi connectivity index (χ1n) is 11.0. The molecule has 2 aromatic heterocycles. The Balaban J connectivity index is 1.07. The minimum atomic E-state index is 0.452. The van der Waals surface area contributed by atoms with E-state index in [2.05, 4.69) is 49.2 Å². The first-order valence-corrected chi connectivity index (χ1v) is 11.0. The number of piperidine rings is 1. The summed E-state index contributed by atoms with van der Waals surface area (Å²) in [5.41, 5.74) is 2.99. The molecule has 7 nitrogen and oxygen atoms in total. The van der Waals surface area contributed by atoms with E-state index in [9.17, 15) is 0 Å². The van der Waals surface area contributed by atoms with Crippen LogP contribution < -0.4 is 4.90 Å². The molecule has 0 radical (unpaired) electrons. The molecule has 1 atom stereocenters. The van der Waals surface area contributed by atoms with E-state index in [1.807, 2.05) is 0 Å². The summed E-state index contributed by atoms with van der Waals surface area (Å²) in [6.45, 7) is 4.48. The Bertz CT molecular complexity index is 973. The second-order valence-electron chi connectivity index (χ2n) is 9.21. The molecule has 7 heteroatoms. The third kappa shape index (κ3) is 3.12. The number of likely N-dealkylation sites (tertiary alicyclic amines) is 1. The molecule has 1 aliphatic carbocycles. The molecule has 6 rings (SSSR count). The lowest BCUT2D eigenvalue weighted by Gasteiger charge is -2.48. The predicted molar refractivity (Wildman–Crippen MR) is 112 cm³/mol. The first-order chi connectivity index (χ1) is 14.8. The molecule has 1 unspecified atom stereocenters. The minimum absolute atomic E-state index is 0.452. The average molecular weight is 406 g/mol. The van der Waals surface area contributed by atoms with Crippen molar-refractivity contribution in [3.8, 4) is 11.5 Å². The predicted octanol–water partition coefficient (Wildman–Crippen LogP) is 3.96. The van der Waals surface area contributed by atoms with Gasteiger partial charge in [-0.15, -0.1) is 5.10 Å². The summed E-state index contributed by atoms with van der Waals surface area (Å²) in [5, 5.41) is 7.86. The zero-order valence-corrected chi connectivity index (χ0v) is 17.1. The van der Waals surface area contributed by atoms with E-state index in [0.717, 1.165) is 30.6 Å². The van der Waals surface area contributed by atoms with Crippen molar-refractivity contribution >= 4 is 6.01 Å². The van der Waals surface area contributed by atoms with Crippen molar-refractivity contribution in [3.05, 3.63) is 48.7 Å². The van der Waals surface area contributed by atoms with Crippen LogP contribution in [-0.4, -0.2) is 52.3 Å². The van der Waals surface area contributed by atoms with Gasteiger partial charge in [-0.2, -0.15) is 0 Å². The number of benzene rings is 1. The van der Waals surface area contributed by atoms with Crippen LogP contribution in [-0.2, 0) is 0 Å². The molecule has 2 saturated heterocycles. The standard InChI is InChI=1S/C23H27N5O2/c1-2-4-20(21-24-9-12-29-21)19(3-1)17-6-10-27(11-7-17)18-5-8-23(13-18)14-28(15-23)22-26-25-16-30-22/h1-4,9,12,16-18H,5-8,10-11,13-15H2. The van der Waals surface area contributed by atoms with E-state index in [1.165, 1.54) is 57.2 Å². The van der Waals surface area contributed by atoms with Gasteiger partial charge in [0.25, 0.3) is 0 Å². The maximum atomic E-state index is 5.59. The van der Waals surface area contributed by atoms with Crippen molar-refractivity contribution < 1.29 is 8.83 Å². The highest BCUT2D eigenvalue weighted by molar-refractivity contribution is 5.59. The summed E-state index contributed by atoms with van der Waals surface area (Å²) in [6.07, 6.45) is 11.1. The Morgan fingerprint density at radius 3 is 2.67 bits per heavy atom. The Morgan fingerprint density at radius 2 is 1.90 bits per heavy atom. The van der Waals surface area contributed by atoms with Crippen molar-refractivity contribution in [3.63, 3.8) is 0 Å². The topological polar surface area (TPSA) is 71.4 Å². The van der Waals surface area contributed by atoms with Gasteiger partial charge in [-0.3, -0.25) is 0 Å². The van der Waals surface area contributed by atoms with Gasteiger partial charge < -0.3 is 18.6 Å². The van der Waals surface area contributed by atoms with Gasteiger partial charge in [0.05, 0.1) is 6.20 Å². The second-order valence-corrected chi connectivity index (χ2v) is 9.21. The Labute approximate surface area is 176 Å². The third-order valence-electron chi connectivity index (χ3n) is 7.46. The van der Waals surface area contributed by atoms with Crippen molar-refractivity contribution in [1.82, 2.24) is 20.1 Å².